The minimum atomic E-state index is -1.58. The fourth-order valence-corrected chi connectivity index (χ4v) is 6.23. The van der Waals surface area contributed by atoms with Crippen LogP contribution in [0.5, 0.6) is 11.5 Å². The number of carbonyl (C=O) groups is 7. The van der Waals surface area contributed by atoms with Gasteiger partial charge >= 0.3 is 11.7 Å². The van der Waals surface area contributed by atoms with Crippen LogP contribution in [-0.2, 0) is 52.9 Å². The van der Waals surface area contributed by atoms with Crippen LogP contribution in [0.15, 0.2) is 66.7 Å². The average Bonchev–Trinajstić information content (AvgIpc) is 3.23. The van der Waals surface area contributed by atoms with Crippen LogP contribution in [0.4, 0.5) is 11.4 Å². The maximum atomic E-state index is 13.8. The highest BCUT2D eigenvalue weighted by molar-refractivity contribution is 5.96. The molecule has 6 amide bonds. The van der Waals surface area contributed by atoms with Crippen molar-refractivity contribution in [3.8, 4) is 11.5 Å². The Bertz CT molecular complexity index is 2130. The van der Waals surface area contributed by atoms with E-state index in [4.69, 9.17) is 16.6 Å². The number of hydrogen-bond donors (Lipinski definition) is 11. The molecule has 21 nitrogen and oxygen atoms in total. The molecule has 0 bridgehead atoms. The fourth-order valence-electron chi connectivity index (χ4n) is 6.23. The molecular formula is C42H55N9O12. The Morgan fingerprint density at radius 1 is 0.714 bits per heavy atom. The zero-order valence-electron chi connectivity index (χ0n) is 35.3. The first-order valence-electron chi connectivity index (χ1n) is 20.0. The molecule has 0 heterocycles. The largest absolute Gasteiger partial charge is 0.508 e. The number of nitro benzene ring substituents is 1. The molecule has 21 heteroatoms. The highest BCUT2D eigenvalue weighted by atomic mass is 16.6. The summed E-state index contributed by atoms with van der Waals surface area (Å²) in [5, 5.41) is 56.0. The lowest BCUT2D eigenvalue weighted by molar-refractivity contribution is -0.385. The monoisotopic (exact) mass is 877 g/mol. The summed E-state index contributed by atoms with van der Waals surface area (Å²) in [5.74, 6) is -7.29. The quantitative estimate of drug-likeness (QED) is 0.0330. The van der Waals surface area contributed by atoms with Crippen molar-refractivity contribution in [2.75, 3.05) is 5.73 Å². The first-order valence-corrected chi connectivity index (χ1v) is 20.0. The van der Waals surface area contributed by atoms with Crippen molar-refractivity contribution in [1.29, 1.82) is 0 Å². The van der Waals surface area contributed by atoms with Crippen molar-refractivity contribution < 1.29 is 53.8 Å². The Hall–Kier alpha value is -7.29. The molecule has 0 aliphatic heterocycles. The number of rotatable bonds is 24. The molecule has 0 saturated heterocycles. The Morgan fingerprint density at radius 3 is 1.81 bits per heavy atom. The predicted octanol–water partition coefficient (Wildman–Crippen LogP) is 0.392. The number of nitrogens with zero attached hydrogens (tertiary/aromatic N) is 1. The van der Waals surface area contributed by atoms with E-state index in [1.807, 2.05) is 26.0 Å². The molecule has 3 rings (SSSR count). The number of nitrogens with two attached hydrogens (primary N) is 2. The van der Waals surface area contributed by atoms with Crippen molar-refractivity contribution >= 4 is 52.8 Å². The summed E-state index contributed by atoms with van der Waals surface area (Å²) in [6.07, 6.45) is -0.797. The average molecular weight is 878 g/mol. The van der Waals surface area contributed by atoms with Gasteiger partial charge in [-0.15, -0.1) is 0 Å². The molecule has 0 saturated carbocycles. The van der Waals surface area contributed by atoms with Gasteiger partial charge in [-0.05, 0) is 67.1 Å². The number of aliphatic carboxylic acids is 1. The van der Waals surface area contributed by atoms with Gasteiger partial charge in [-0.1, -0.05) is 56.7 Å². The molecule has 0 spiro atoms. The number of carboxylic acids is 1. The third-order valence-corrected chi connectivity index (χ3v) is 10.2. The summed E-state index contributed by atoms with van der Waals surface area (Å²) < 4.78 is 0. The van der Waals surface area contributed by atoms with Crippen LogP contribution < -0.4 is 43.4 Å². The van der Waals surface area contributed by atoms with Gasteiger partial charge in [-0.2, -0.15) is 0 Å². The van der Waals surface area contributed by atoms with Crippen molar-refractivity contribution in [1.82, 2.24) is 31.9 Å². The van der Waals surface area contributed by atoms with E-state index >= 15 is 0 Å². The zero-order valence-corrected chi connectivity index (χ0v) is 35.3. The first-order chi connectivity index (χ1) is 29.7. The Labute approximate surface area is 362 Å². The number of aromatic hydroxyl groups is 2. The van der Waals surface area contributed by atoms with Crippen molar-refractivity contribution in [3.05, 3.63) is 93.5 Å². The molecular weight excluding hydrogens is 823 g/mol. The van der Waals surface area contributed by atoms with Gasteiger partial charge in [0.05, 0.1) is 11.0 Å². The second-order valence-corrected chi connectivity index (χ2v) is 15.1. The maximum Gasteiger partial charge on any atom is 0.310 e. The molecule has 13 N–H and O–H groups in total. The topological polar surface area (TPSA) is 348 Å². The number of carboxylic acid groups (broad SMARTS) is 1. The van der Waals surface area contributed by atoms with Crippen LogP contribution in [0.2, 0.25) is 0 Å². The van der Waals surface area contributed by atoms with Crippen molar-refractivity contribution in [2.45, 2.75) is 103 Å². The number of nitrogen functional groups attached to an aromatic ring is 1. The molecule has 0 aromatic heterocycles. The summed E-state index contributed by atoms with van der Waals surface area (Å²) in [6.45, 7) is 6.64. The number of carbonyl (C=O) groups excluding carboxylic acids is 6. The third kappa shape index (κ3) is 15.6. The summed E-state index contributed by atoms with van der Waals surface area (Å²) in [5.41, 5.74) is 12.7. The van der Waals surface area contributed by atoms with Crippen LogP contribution in [0.1, 0.15) is 63.6 Å². The van der Waals surface area contributed by atoms with E-state index in [1.165, 1.54) is 32.0 Å². The van der Waals surface area contributed by atoms with Gasteiger partial charge in [0, 0.05) is 37.6 Å². The summed E-state index contributed by atoms with van der Waals surface area (Å²) in [4.78, 5) is 102. The van der Waals surface area contributed by atoms with Crippen molar-refractivity contribution in [2.24, 2.45) is 11.7 Å². The van der Waals surface area contributed by atoms with E-state index in [1.54, 1.807) is 24.3 Å². The van der Waals surface area contributed by atoms with E-state index < -0.39 is 113 Å². The van der Waals surface area contributed by atoms with Crippen LogP contribution in [0.3, 0.4) is 0 Å². The van der Waals surface area contributed by atoms with Gasteiger partial charge in [-0.3, -0.25) is 43.7 Å². The van der Waals surface area contributed by atoms with Crippen LogP contribution in [0.25, 0.3) is 0 Å². The SMILES string of the molecule is CC[C@H](C)[C@H](NCc1ccccc1N)C(=O)N[C@@H](Cc1ccc(O)cc1)C(=O)N[C@@H](C)C(=O)N[C@@H](C)C(=O)N[C@@H](Cc1ccc(O)c([N+](=O)[O-])c1)C(=O)N[C@@H](CCC(=O)O)C(N)=O. The second-order valence-electron chi connectivity index (χ2n) is 15.1. The summed E-state index contributed by atoms with van der Waals surface area (Å²) >= 11 is 0. The molecule has 63 heavy (non-hydrogen) atoms. The van der Waals surface area contributed by atoms with E-state index in [-0.39, 0.29) is 30.2 Å². The lowest BCUT2D eigenvalue weighted by Crippen LogP contribution is -2.59. The standard InChI is InChI=1S/C42H55N9O12/c1-5-22(2)36(45-21-27-8-6-7-9-29(27)43)42(61)50-31(18-25-10-13-28(52)14-11-25)40(59)47-23(3)38(57)46-24(4)39(58)49-32(19-26-12-16-34(53)33(20-26)51(62)63)41(60)48-30(37(44)56)15-17-35(54)55/h6-14,16,20,22-24,30-32,36,45,52-53H,5,15,17-19,21,43H2,1-4H3,(H2,44,56)(H,46,57)(H,47,59)(H,48,60)(H,49,58)(H,50,61)(H,54,55)/t22-,23-,24-,30-,31-,32-,36-/m0/s1. The van der Waals surface area contributed by atoms with Gasteiger partial charge in [0.15, 0.2) is 5.75 Å². The van der Waals surface area contributed by atoms with Gasteiger partial charge < -0.3 is 58.7 Å². The molecule has 0 radical (unpaired) electrons. The lowest BCUT2D eigenvalue weighted by Gasteiger charge is -2.28. The van der Waals surface area contributed by atoms with E-state index in [0.29, 0.717) is 17.7 Å². The van der Waals surface area contributed by atoms with E-state index in [0.717, 1.165) is 17.7 Å². The number of nitrogens with one attached hydrogen (secondary N) is 6. The molecule has 340 valence electrons. The smallest absolute Gasteiger partial charge is 0.310 e. The Balaban J connectivity index is 1.78. The zero-order chi connectivity index (χ0) is 47.0. The second kappa shape index (κ2) is 23.6. The number of phenolic OH excluding ortho intramolecular Hbond substituents is 2. The van der Waals surface area contributed by atoms with Gasteiger partial charge in [0.1, 0.15) is 36.0 Å². The number of phenols is 2. The first kappa shape index (κ1) is 50.1. The number of primary amides is 1. The normalized spacial score (nSPS) is 14.3. The number of nitro groups is 1. The van der Waals surface area contributed by atoms with E-state index in [2.05, 4.69) is 31.9 Å². The van der Waals surface area contributed by atoms with Crippen LogP contribution >= 0.6 is 0 Å². The highest BCUT2D eigenvalue weighted by Gasteiger charge is 2.32. The molecule has 3 aromatic rings. The lowest BCUT2D eigenvalue weighted by atomic mass is 9.96. The molecule has 3 aromatic carbocycles. The summed E-state index contributed by atoms with van der Waals surface area (Å²) in [6, 6.07) is 8.66. The van der Waals surface area contributed by atoms with Crippen LogP contribution in [0, 0.1) is 16.0 Å². The predicted molar refractivity (Wildman–Crippen MR) is 228 cm³/mol. The van der Waals surface area contributed by atoms with Crippen molar-refractivity contribution in [3.63, 3.8) is 0 Å². The highest BCUT2D eigenvalue weighted by Crippen LogP contribution is 2.27. The minimum Gasteiger partial charge on any atom is -0.508 e. The van der Waals surface area contributed by atoms with Gasteiger partial charge in [0.25, 0.3) is 0 Å². The molecule has 0 aliphatic carbocycles. The third-order valence-electron chi connectivity index (χ3n) is 10.2. The number of hydrogen-bond acceptors (Lipinski definition) is 13. The van der Waals surface area contributed by atoms with Gasteiger partial charge in [0.2, 0.25) is 35.4 Å². The Kier molecular flexibility index (Phi) is 18.8. The summed E-state index contributed by atoms with van der Waals surface area (Å²) in [7, 11) is 0. The maximum absolute atomic E-state index is 13.8. The molecule has 7 atom stereocenters. The molecule has 0 unspecified atom stereocenters. The van der Waals surface area contributed by atoms with E-state index in [9.17, 15) is 53.9 Å². The van der Waals surface area contributed by atoms with Gasteiger partial charge in [-0.25, -0.2) is 0 Å². The molecule has 0 fully saturated rings. The number of anilines is 1. The Morgan fingerprint density at radius 2 is 1.24 bits per heavy atom. The molecule has 0 aliphatic rings. The minimum absolute atomic E-state index is 0.0182. The number of para-hydroxylation sites is 1. The fraction of sp³-hybridized carbons (Fsp3) is 0.405. The van der Waals surface area contributed by atoms with Crippen LogP contribution in [-0.4, -0.2) is 97.9 Å². The number of benzene rings is 3. The number of amides is 6.